The van der Waals surface area contributed by atoms with Crippen LogP contribution >= 0.6 is 0 Å². The van der Waals surface area contributed by atoms with Crippen molar-refractivity contribution in [3.63, 3.8) is 0 Å². The van der Waals surface area contributed by atoms with Gasteiger partial charge < -0.3 is 14.4 Å². The molecule has 6 rings (SSSR count). The van der Waals surface area contributed by atoms with Crippen LogP contribution < -0.4 is 0 Å². The summed E-state index contributed by atoms with van der Waals surface area (Å²) in [5, 5.41) is 18.3. The first-order valence-electron chi connectivity index (χ1n) is 11.4. The van der Waals surface area contributed by atoms with Crippen molar-refractivity contribution in [3.05, 3.63) is 83.7 Å². The molecule has 35 heavy (non-hydrogen) atoms. The van der Waals surface area contributed by atoms with E-state index in [9.17, 15) is 18.7 Å². The number of aromatic amines is 1. The summed E-state index contributed by atoms with van der Waals surface area (Å²) in [6.07, 6.45) is 3.28. The number of halogens is 2. The van der Waals surface area contributed by atoms with Gasteiger partial charge in [0.2, 0.25) is 0 Å². The zero-order valence-corrected chi connectivity index (χ0v) is 18.6. The largest absolute Gasteiger partial charge is 0.478 e. The molecule has 1 fully saturated rings. The molecule has 0 aliphatic carbocycles. The number of aromatic carboxylic acids is 1. The van der Waals surface area contributed by atoms with Gasteiger partial charge in [-0.3, -0.25) is 5.10 Å². The van der Waals surface area contributed by atoms with E-state index in [-0.39, 0.29) is 11.5 Å². The number of benzene rings is 3. The maximum Gasteiger partial charge on any atom is 0.335 e. The van der Waals surface area contributed by atoms with Crippen molar-refractivity contribution in [2.75, 3.05) is 13.2 Å². The SMILES string of the molecule is O=C(O)c1ccc(-c2c(C3CCOCC3)n(-c3ccc(F)c(F)c3)c3cc4cn[nH]c4cc23)cc1. The smallest absolute Gasteiger partial charge is 0.335 e. The monoisotopic (exact) mass is 473 g/mol. The zero-order chi connectivity index (χ0) is 24.1. The molecule has 0 spiro atoms. The number of H-pyrrole nitrogens is 1. The fraction of sp³-hybridized carbons (Fsp3) is 0.185. The molecule has 1 aliphatic heterocycles. The van der Waals surface area contributed by atoms with Crippen LogP contribution in [0.25, 0.3) is 38.6 Å². The molecular formula is C27H21F2N3O3. The van der Waals surface area contributed by atoms with Crippen molar-refractivity contribution in [3.8, 4) is 16.8 Å². The standard InChI is InChI=1S/C27H21F2N3O3/c28-21-6-5-19(12-22(21)29)32-24-11-18-14-30-31-23(18)13-20(24)25(26(32)16-7-9-35-10-8-16)15-1-3-17(4-2-15)27(33)34/h1-6,11-14,16H,7-10H2,(H,30,31)(H,33,34). The first kappa shape index (κ1) is 21.5. The van der Waals surface area contributed by atoms with Gasteiger partial charge in [0, 0.05) is 52.9 Å². The van der Waals surface area contributed by atoms with Gasteiger partial charge in [-0.2, -0.15) is 5.10 Å². The Morgan fingerprint density at radius 1 is 1.03 bits per heavy atom. The summed E-state index contributed by atoms with van der Waals surface area (Å²) in [5.41, 5.74) is 5.16. The summed E-state index contributed by atoms with van der Waals surface area (Å²) in [7, 11) is 0. The van der Waals surface area contributed by atoms with Gasteiger partial charge >= 0.3 is 5.97 Å². The molecule has 0 atom stereocenters. The average molecular weight is 473 g/mol. The van der Waals surface area contributed by atoms with E-state index in [2.05, 4.69) is 10.2 Å². The van der Waals surface area contributed by atoms with Gasteiger partial charge in [0.25, 0.3) is 0 Å². The number of rotatable bonds is 4. The zero-order valence-electron chi connectivity index (χ0n) is 18.6. The summed E-state index contributed by atoms with van der Waals surface area (Å²) >= 11 is 0. The van der Waals surface area contributed by atoms with E-state index >= 15 is 0 Å². The van der Waals surface area contributed by atoms with Gasteiger partial charge in [-0.15, -0.1) is 0 Å². The predicted octanol–water partition coefficient (Wildman–Crippen LogP) is 6.04. The van der Waals surface area contributed by atoms with E-state index in [1.165, 1.54) is 6.07 Å². The fourth-order valence-electron chi connectivity index (χ4n) is 5.09. The molecule has 0 amide bonds. The summed E-state index contributed by atoms with van der Waals surface area (Å²) in [4.78, 5) is 11.4. The van der Waals surface area contributed by atoms with Gasteiger partial charge in [0.05, 0.1) is 22.8 Å². The van der Waals surface area contributed by atoms with Crippen molar-refractivity contribution < 1.29 is 23.4 Å². The van der Waals surface area contributed by atoms with E-state index in [4.69, 9.17) is 4.74 Å². The Hall–Kier alpha value is -4.04. The molecule has 5 aromatic rings. The molecule has 0 radical (unpaired) electrons. The highest BCUT2D eigenvalue weighted by molar-refractivity contribution is 6.06. The van der Waals surface area contributed by atoms with Crippen molar-refractivity contribution in [1.82, 2.24) is 14.8 Å². The summed E-state index contributed by atoms with van der Waals surface area (Å²) in [5.74, 6) is -2.71. The average Bonchev–Trinajstić information content (AvgIpc) is 3.46. The Bertz CT molecular complexity index is 1580. The topological polar surface area (TPSA) is 80.1 Å². The third-order valence-electron chi connectivity index (χ3n) is 6.75. The Kier molecular flexibility index (Phi) is 5.11. The molecule has 2 N–H and O–H groups in total. The van der Waals surface area contributed by atoms with Crippen LogP contribution in [0.2, 0.25) is 0 Å². The fourth-order valence-corrected chi connectivity index (χ4v) is 5.09. The molecule has 1 aliphatic rings. The second-order valence-electron chi connectivity index (χ2n) is 8.79. The lowest BCUT2D eigenvalue weighted by Crippen LogP contribution is -2.17. The highest BCUT2D eigenvalue weighted by Gasteiger charge is 2.28. The quantitative estimate of drug-likeness (QED) is 0.333. The summed E-state index contributed by atoms with van der Waals surface area (Å²) < 4.78 is 35.9. The number of hydrogen-bond acceptors (Lipinski definition) is 3. The van der Waals surface area contributed by atoms with Crippen LogP contribution in [0.3, 0.4) is 0 Å². The maximum absolute atomic E-state index is 14.4. The minimum Gasteiger partial charge on any atom is -0.478 e. The lowest BCUT2D eigenvalue weighted by molar-refractivity contribution is 0.0697. The summed E-state index contributed by atoms with van der Waals surface area (Å²) in [6.45, 7) is 1.21. The molecule has 0 bridgehead atoms. The second kappa shape index (κ2) is 8.32. The molecule has 1 saturated heterocycles. The lowest BCUT2D eigenvalue weighted by Gasteiger charge is -2.26. The van der Waals surface area contributed by atoms with E-state index in [0.717, 1.165) is 57.5 Å². The molecule has 0 unspecified atom stereocenters. The van der Waals surface area contributed by atoms with Crippen molar-refractivity contribution >= 4 is 27.8 Å². The van der Waals surface area contributed by atoms with Crippen LogP contribution in [-0.2, 0) is 4.74 Å². The minimum atomic E-state index is -0.996. The Labute approximate surface area is 198 Å². The molecule has 176 valence electrons. The molecule has 3 heterocycles. The normalized spacial score (nSPS) is 14.7. The predicted molar refractivity (Wildman–Crippen MR) is 128 cm³/mol. The lowest BCUT2D eigenvalue weighted by atomic mass is 9.89. The maximum atomic E-state index is 14.4. The Morgan fingerprint density at radius 3 is 2.51 bits per heavy atom. The van der Waals surface area contributed by atoms with Gasteiger partial charge in [0.1, 0.15) is 0 Å². The Balaban J connectivity index is 1.72. The number of carboxylic acid groups (broad SMARTS) is 1. The van der Waals surface area contributed by atoms with Crippen molar-refractivity contribution in [1.29, 1.82) is 0 Å². The minimum absolute atomic E-state index is 0.106. The molecular weight excluding hydrogens is 452 g/mol. The molecule has 8 heteroatoms. The number of nitrogens with one attached hydrogen (secondary N) is 1. The number of carboxylic acids is 1. The molecule has 0 saturated carbocycles. The number of hydrogen-bond donors (Lipinski definition) is 2. The number of carbonyl (C=O) groups is 1. The molecule has 3 aromatic carbocycles. The van der Waals surface area contributed by atoms with Crippen LogP contribution in [0.5, 0.6) is 0 Å². The Morgan fingerprint density at radius 2 is 1.80 bits per heavy atom. The van der Waals surface area contributed by atoms with Crippen LogP contribution in [-0.4, -0.2) is 39.1 Å². The number of fused-ring (bicyclic) bond motifs is 2. The van der Waals surface area contributed by atoms with Crippen molar-refractivity contribution in [2.45, 2.75) is 18.8 Å². The van der Waals surface area contributed by atoms with Crippen LogP contribution in [0.15, 0.2) is 60.8 Å². The number of aromatic nitrogens is 3. The van der Waals surface area contributed by atoms with Gasteiger partial charge in [-0.05, 0) is 54.8 Å². The van der Waals surface area contributed by atoms with Crippen LogP contribution in [0.4, 0.5) is 8.78 Å². The highest BCUT2D eigenvalue weighted by Crippen LogP contribution is 2.44. The van der Waals surface area contributed by atoms with Gasteiger partial charge in [0.15, 0.2) is 11.6 Å². The third kappa shape index (κ3) is 3.57. The van der Waals surface area contributed by atoms with E-state index < -0.39 is 17.6 Å². The number of nitrogens with zero attached hydrogens (tertiary/aromatic N) is 2. The first-order chi connectivity index (χ1) is 17.0. The van der Waals surface area contributed by atoms with Gasteiger partial charge in [-0.25, -0.2) is 13.6 Å². The van der Waals surface area contributed by atoms with Crippen molar-refractivity contribution in [2.24, 2.45) is 0 Å². The van der Waals surface area contributed by atoms with E-state index in [1.807, 2.05) is 16.7 Å². The first-order valence-corrected chi connectivity index (χ1v) is 11.4. The van der Waals surface area contributed by atoms with Crippen LogP contribution in [0.1, 0.15) is 34.8 Å². The highest BCUT2D eigenvalue weighted by atomic mass is 19.2. The summed E-state index contributed by atoms with van der Waals surface area (Å²) in [6, 6.07) is 14.7. The number of ether oxygens (including phenoxy) is 1. The van der Waals surface area contributed by atoms with Crippen LogP contribution in [0, 0.1) is 11.6 Å². The van der Waals surface area contributed by atoms with Gasteiger partial charge in [-0.1, -0.05) is 12.1 Å². The van der Waals surface area contributed by atoms with E-state index in [1.54, 1.807) is 36.5 Å². The third-order valence-corrected chi connectivity index (χ3v) is 6.75. The molecule has 6 nitrogen and oxygen atoms in total. The second-order valence-corrected chi connectivity index (χ2v) is 8.79. The molecule has 2 aromatic heterocycles. The van der Waals surface area contributed by atoms with E-state index in [0.29, 0.717) is 18.9 Å².